The fourth-order valence-electron chi connectivity index (χ4n) is 1.43. The standard InChI is InChI=1S/C10H11BrF2N6/c1-5-7(4-19(18-5)9(12)13)16-10-15-3-6(11)8(14-2)17-10/h3-4,9H,1-2H3,(H2,14,15,16,17). The Morgan fingerprint density at radius 1 is 1.42 bits per heavy atom. The Morgan fingerprint density at radius 3 is 2.74 bits per heavy atom. The van der Waals surface area contributed by atoms with Gasteiger partial charge >= 0.3 is 6.55 Å². The van der Waals surface area contributed by atoms with Gasteiger partial charge in [0.15, 0.2) is 0 Å². The Bertz CT molecular complexity index is 585. The van der Waals surface area contributed by atoms with Crippen molar-refractivity contribution in [1.29, 1.82) is 0 Å². The van der Waals surface area contributed by atoms with Crippen LogP contribution in [0.3, 0.4) is 0 Å². The third-order valence-corrected chi connectivity index (χ3v) is 2.92. The van der Waals surface area contributed by atoms with E-state index in [4.69, 9.17) is 0 Å². The zero-order valence-electron chi connectivity index (χ0n) is 10.2. The molecule has 0 aliphatic heterocycles. The zero-order chi connectivity index (χ0) is 14.0. The highest BCUT2D eigenvalue weighted by Crippen LogP contribution is 2.23. The second-order valence-electron chi connectivity index (χ2n) is 3.65. The number of rotatable bonds is 4. The molecule has 0 saturated heterocycles. The average Bonchev–Trinajstić information content (AvgIpc) is 2.73. The predicted molar refractivity (Wildman–Crippen MR) is 70.8 cm³/mol. The van der Waals surface area contributed by atoms with Gasteiger partial charge in [0.25, 0.3) is 0 Å². The van der Waals surface area contributed by atoms with Crippen molar-refractivity contribution in [2.75, 3.05) is 17.7 Å². The molecular weight excluding hydrogens is 322 g/mol. The maximum Gasteiger partial charge on any atom is 0.333 e. The summed E-state index contributed by atoms with van der Waals surface area (Å²) >= 11 is 3.28. The van der Waals surface area contributed by atoms with E-state index in [0.29, 0.717) is 32.3 Å². The van der Waals surface area contributed by atoms with E-state index in [1.807, 2.05) is 0 Å². The second-order valence-corrected chi connectivity index (χ2v) is 4.51. The largest absolute Gasteiger partial charge is 0.372 e. The number of anilines is 3. The first-order chi connectivity index (χ1) is 9.01. The van der Waals surface area contributed by atoms with E-state index in [-0.39, 0.29) is 0 Å². The van der Waals surface area contributed by atoms with Crippen LogP contribution >= 0.6 is 15.9 Å². The lowest BCUT2D eigenvalue weighted by atomic mass is 10.4. The number of alkyl halides is 2. The summed E-state index contributed by atoms with van der Waals surface area (Å²) in [6.07, 6.45) is 2.78. The lowest BCUT2D eigenvalue weighted by Gasteiger charge is -2.06. The molecule has 2 aromatic heterocycles. The first-order valence-electron chi connectivity index (χ1n) is 5.32. The summed E-state index contributed by atoms with van der Waals surface area (Å²) in [4.78, 5) is 8.22. The molecule has 102 valence electrons. The van der Waals surface area contributed by atoms with Gasteiger partial charge in [-0.2, -0.15) is 18.9 Å². The van der Waals surface area contributed by atoms with Gasteiger partial charge in [0.05, 0.1) is 22.1 Å². The predicted octanol–water partition coefficient (Wildman–Crippen LogP) is 2.92. The number of aryl methyl sites for hydroxylation is 1. The number of halogens is 3. The van der Waals surface area contributed by atoms with Crippen molar-refractivity contribution in [2.45, 2.75) is 13.5 Å². The maximum absolute atomic E-state index is 12.5. The molecule has 0 spiro atoms. The molecule has 6 nitrogen and oxygen atoms in total. The lowest BCUT2D eigenvalue weighted by molar-refractivity contribution is 0.0563. The van der Waals surface area contributed by atoms with Gasteiger partial charge in [-0.1, -0.05) is 0 Å². The number of hydrogen-bond acceptors (Lipinski definition) is 5. The fraction of sp³-hybridized carbons (Fsp3) is 0.300. The summed E-state index contributed by atoms with van der Waals surface area (Å²) in [5.74, 6) is 0.890. The molecule has 0 amide bonds. The fourth-order valence-corrected chi connectivity index (χ4v) is 1.82. The molecule has 19 heavy (non-hydrogen) atoms. The summed E-state index contributed by atoms with van der Waals surface area (Å²) in [7, 11) is 1.72. The van der Waals surface area contributed by atoms with Crippen LogP contribution in [0.2, 0.25) is 0 Å². The van der Waals surface area contributed by atoms with E-state index < -0.39 is 6.55 Å². The van der Waals surface area contributed by atoms with E-state index >= 15 is 0 Å². The topological polar surface area (TPSA) is 67.7 Å². The highest BCUT2D eigenvalue weighted by atomic mass is 79.9. The smallest absolute Gasteiger partial charge is 0.333 e. The highest BCUT2D eigenvalue weighted by Gasteiger charge is 2.12. The number of nitrogens with zero attached hydrogens (tertiary/aromatic N) is 4. The quantitative estimate of drug-likeness (QED) is 0.901. The minimum atomic E-state index is -2.67. The van der Waals surface area contributed by atoms with E-state index in [0.717, 1.165) is 0 Å². The summed E-state index contributed by atoms with van der Waals surface area (Å²) in [5, 5.41) is 9.42. The lowest BCUT2D eigenvalue weighted by Crippen LogP contribution is -2.01. The normalized spacial score (nSPS) is 10.8. The van der Waals surface area contributed by atoms with Crippen molar-refractivity contribution in [3.63, 3.8) is 0 Å². The van der Waals surface area contributed by atoms with Gasteiger partial charge in [-0.15, -0.1) is 0 Å². The molecule has 9 heteroatoms. The average molecular weight is 333 g/mol. The van der Waals surface area contributed by atoms with Gasteiger partial charge < -0.3 is 10.6 Å². The SMILES string of the molecule is CNc1nc(Nc2cn(C(F)F)nc2C)ncc1Br. The molecule has 2 aromatic rings. The molecule has 0 aliphatic rings. The Labute approximate surface area is 116 Å². The van der Waals surface area contributed by atoms with Crippen LogP contribution in [0, 0.1) is 6.92 Å². The highest BCUT2D eigenvalue weighted by molar-refractivity contribution is 9.10. The van der Waals surface area contributed by atoms with Crippen LogP contribution in [0.5, 0.6) is 0 Å². The number of nitrogens with one attached hydrogen (secondary N) is 2. The first-order valence-corrected chi connectivity index (χ1v) is 6.11. The molecule has 2 rings (SSSR count). The van der Waals surface area contributed by atoms with E-state index in [1.165, 1.54) is 6.20 Å². The number of aromatic nitrogens is 4. The van der Waals surface area contributed by atoms with E-state index in [2.05, 4.69) is 41.6 Å². The summed E-state index contributed by atoms with van der Waals surface area (Å²) in [6, 6.07) is 0. The Balaban J connectivity index is 2.26. The number of hydrogen-bond donors (Lipinski definition) is 2. The van der Waals surface area contributed by atoms with Gasteiger partial charge in [0.1, 0.15) is 5.82 Å². The Hall–Kier alpha value is -1.77. The van der Waals surface area contributed by atoms with Crippen LogP contribution in [0.4, 0.5) is 26.2 Å². The van der Waals surface area contributed by atoms with E-state index in [1.54, 1.807) is 20.2 Å². The van der Waals surface area contributed by atoms with E-state index in [9.17, 15) is 8.78 Å². The van der Waals surface area contributed by atoms with Gasteiger partial charge in [-0.05, 0) is 22.9 Å². The van der Waals surface area contributed by atoms with Gasteiger partial charge in [0.2, 0.25) is 5.95 Å². The van der Waals surface area contributed by atoms with Crippen LogP contribution in [0.1, 0.15) is 12.2 Å². The zero-order valence-corrected chi connectivity index (χ0v) is 11.7. The molecule has 2 N–H and O–H groups in total. The van der Waals surface area contributed by atoms with Crippen LogP contribution in [0.25, 0.3) is 0 Å². The van der Waals surface area contributed by atoms with Gasteiger partial charge in [0, 0.05) is 13.2 Å². The van der Waals surface area contributed by atoms with Crippen molar-refractivity contribution in [1.82, 2.24) is 19.7 Å². The summed E-state index contributed by atoms with van der Waals surface area (Å²) < 4.78 is 26.3. The first kappa shape index (κ1) is 13.7. The van der Waals surface area contributed by atoms with Crippen LogP contribution in [-0.2, 0) is 0 Å². The molecule has 0 radical (unpaired) electrons. The van der Waals surface area contributed by atoms with Crippen molar-refractivity contribution in [3.8, 4) is 0 Å². The third-order valence-electron chi connectivity index (χ3n) is 2.34. The minimum absolute atomic E-state index is 0.296. The summed E-state index contributed by atoms with van der Waals surface area (Å²) in [5.41, 5.74) is 0.877. The summed E-state index contributed by atoms with van der Waals surface area (Å²) in [6.45, 7) is -1.05. The molecule has 0 aromatic carbocycles. The maximum atomic E-state index is 12.5. The Morgan fingerprint density at radius 2 is 2.16 bits per heavy atom. The molecule has 0 fully saturated rings. The molecule has 0 bridgehead atoms. The van der Waals surface area contributed by atoms with Crippen LogP contribution in [0.15, 0.2) is 16.9 Å². The Kier molecular flexibility index (Phi) is 3.93. The molecule has 0 aliphatic carbocycles. The van der Waals surface area contributed by atoms with Gasteiger partial charge in [-0.3, -0.25) is 0 Å². The third kappa shape index (κ3) is 2.98. The van der Waals surface area contributed by atoms with Crippen molar-refractivity contribution in [2.24, 2.45) is 0 Å². The molecule has 0 saturated carbocycles. The van der Waals surface area contributed by atoms with Crippen molar-refractivity contribution < 1.29 is 8.78 Å². The molecule has 2 heterocycles. The van der Waals surface area contributed by atoms with Crippen LogP contribution < -0.4 is 10.6 Å². The molecular formula is C10H11BrF2N6. The molecule has 0 atom stereocenters. The molecule has 0 unspecified atom stereocenters. The van der Waals surface area contributed by atoms with Gasteiger partial charge in [-0.25, -0.2) is 9.67 Å². The van der Waals surface area contributed by atoms with Crippen molar-refractivity contribution in [3.05, 3.63) is 22.6 Å². The monoisotopic (exact) mass is 332 g/mol. The minimum Gasteiger partial charge on any atom is -0.372 e. The van der Waals surface area contributed by atoms with Crippen LogP contribution in [-0.4, -0.2) is 26.8 Å². The van der Waals surface area contributed by atoms with Crippen molar-refractivity contribution >= 4 is 33.4 Å². The second kappa shape index (κ2) is 5.47.